The van der Waals surface area contributed by atoms with E-state index < -0.39 is 28.1 Å². The van der Waals surface area contributed by atoms with Crippen molar-refractivity contribution in [2.75, 3.05) is 13.1 Å². The first kappa shape index (κ1) is 42.4. The molecule has 2 N–H and O–H groups in total. The fourth-order valence-electron chi connectivity index (χ4n) is 3.74. The summed E-state index contributed by atoms with van der Waals surface area (Å²) in [6.45, 7) is 25.3. The first-order valence-corrected chi connectivity index (χ1v) is 21.2. The standard InChI is InChI=1S/C28H44N2O2Si2.2C2H4O2.Co/c1-19(2)25-15-23(33(5,6)7)13-21(27(25)31)17-29-11-12-30-18-22-14-24(34(8,9)10)16-26(20(3)4)28(22)32;2*1-2(3)4;/h13-20,31-32H,11-12H2,1-10H3;2*1H3,(H,3,4);/q;;;+2/p-2. The van der Waals surface area contributed by atoms with Crippen LogP contribution in [0.15, 0.2) is 34.3 Å². The first-order valence-electron chi connectivity index (χ1n) is 14.2. The van der Waals surface area contributed by atoms with Crippen molar-refractivity contribution in [2.24, 2.45) is 9.98 Å². The van der Waals surface area contributed by atoms with Gasteiger partial charge in [0.2, 0.25) is 0 Å². The van der Waals surface area contributed by atoms with Gasteiger partial charge < -0.3 is 30.0 Å². The summed E-state index contributed by atoms with van der Waals surface area (Å²) in [7, 11) is -3.03. The average Bonchev–Trinajstić information content (AvgIpc) is 2.80. The molecule has 2 aromatic carbocycles. The van der Waals surface area contributed by atoms with Gasteiger partial charge in [0.1, 0.15) is 11.5 Å². The average molecular weight is 674 g/mol. The number of aliphatic imine (C=N–C) groups is 2. The molecule has 0 unspecified atom stereocenters. The van der Waals surface area contributed by atoms with E-state index in [0.29, 0.717) is 24.6 Å². The molecule has 0 saturated heterocycles. The Kier molecular flexibility index (Phi) is 18.6. The van der Waals surface area contributed by atoms with Gasteiger partial charge in [-0.15, -0.1) is 0 Å². The van der Waals surface area contributed by atoms with Crippen molar-refractivity contribution in [1.29, 1.82) is 0 Å². The number of carbonyl (C=O) groups excluding carboxylic acids is 2. The molecular formula is C32H50CoN2O6Si2. The second kappa shape index (κ2) is 18.8. The Morgan fingerprint density at radius 3 is 1.16 bits per heavy atom. The zero-order chi connectivity index (χ0) is 33.0. The third-order valence-electron chi connectivity index (χ3n) is 6.13. The summed E-state index contributed by atoms with van der Waals surface area (Å²) < 4.78 is 0. The van der Waals surface area contributed by atoms with Crippen molar-refractivity contribution in [3.63, 3.8) is 0 Å². The topological polar surface area (TPSA) is 145 Å². The van der Waals surface area contributed by atoms with Gasteiger partial charge in [0.25, 0.3) is 0 Å². The number of carbonyl (C=O) groups is 2. The molecule has 1 radical (unpaired) electrons. The number of rotatable bonds is 9. The van der Waals surface area contributed by atoms with Crippen LogP contribution in [0.5, 0.6) is 11.5 Å². The van der Waals surface area contributed by atoms with Gasteiger partial charge in [-0.25, -0.2) is 0 Å². The molecule has 0 fully saturated rings. The number of hydrogen-bond acceptors (Lipinski definition) is 8. The Bertz CT molecular complexity index is 1160. The molecule has 11 heteroatoms. The summed E-state index contributed by atoms with van der Waals surface area (Å²) in [6.07, 6.45) is 3.56. The van der Waals surface area contributed by atoms with Crippen LogP contribution in [0.2, 0.25) is 39.3 Å². The van der Waals surface area contributed by atoms with Crippen molar-refractivity contribution in [3.8, 4) is 11.5 Å². The Balaban J connectivity index is 0. The van der Waals surface area contributed by atoms with E-state index in [1.165, 1.54) is 10.4 Å². The van der Waals surface area contributed by atoms with Crippen LogP contribution in [-0.2, 0) is 26.4 Å². The van der Waals surface area contributed by atoms with Crippen molar-refractivity contribution >= 4 is 50.9 Å². The number of phenolic OH excluding ortho intramolecular Hbond substituents is 2. The summed E-state index contributed by atoms with van der Waals surface area (Å²) >= 11 is 0. The van der Waals surface area contributed by atoms with Gasteiger partial charge in [-0.3, -0.25) is 9.98 Å². The summed E-state index contributed by atoms with van der Waals surface area (Å²) in [5.74, 6) is -0.996. The zero-order valence-corrected chi connectivity index (χ0v) is 30.8. The number of carboxylic acid groups (broad SMARTS) is 2. The molecule has 0 amide bonds. The van der Waals surface area contributed by atoms with E-state index in [1.54, 1.807) is 12.4 Å². The van der Waals surface area contributed by atoms with E-state index in [4.69, 9.17) is 19.8 Å². The molecule has 0 aliphatic carbocycles. The molecular weight excluding hydrogens is 623 g/mol. The Hall–Kier alpha value is -2.74. The molecule has 0 aliphatic rings. The Morgan fingerprint density at radius 1 is 0.698 bits per heavy atom. The molecule has 241 valence electrons. The molecule has 43 heavy (non-hydrogen) atoms. The predicted molar refractivity (Wildman–Crippen MR) is 177 cm³/mol. The minimum atomic E-state index is -1.52. The number of aliphatic carboxylic acids is 2. The van der Waals surface area contributed by atoms with Crippen LogP contribution in [0.3, 0.4) is 0 Å². The van der Waals surface area contributed by atoms with Crippen molar-refractivity contribution in [2.45, 2.75) is 92.7 Å². The van der Waals surface area contributed by atoms with E-state index in [1.807, 2.05) is 0 Å². The maximum Gasteiger partial charge on any atom is 2.00 e. The van der Waals surface area contributed by atoms with Crippen LogP contribution >= 0.6 is 0 Å². The van der Waals surface area contributed by atoms with Gasteiger partial charge in [0, 0.05) is 35.5 Å². The minimum absolute atomic E-state index is 0. The molecule has 2 rings (SSSR count). The molecule has 0 atom stereocenters. The molecule has 0 spiro atoms. The summed E-state index contributed by atoms with van der Waals surface area (Å²) in [5.41, 5.74) is 3.54. The van der Waals surface area contributed by atoms with Gasteiger partial charge in [0.15, 0.2) is 0 Å². The Labute approximate surface area is 270 Å². The second-order valence-electron chi connectivity index (χ2n) is 12.9. The largest absolute Gasteiger partial charge is 2.00 e. The van der Waals surface area contributed by atoms with Crippen LogP contribution in [0, 0.1) is 0 Å². The van der Waals surface area contributed by atoms with Gasteiger partial charge in [-0.2, -0.15) is 0 Å². The smallest absolute Gasteiger partial charge is 0.550 e. The monoisotopic (exact) mass is 673 g/mol. The molecule has 0 heterocycles. The number of hydrogen-bond donors (Lipinski definition) is 2. The van der Waals surface area contributed by atoms with Crippen LogP contribution in [-0.4, -0.2) is 63.8 Å². The van der Waals surface area contributed by atoms with Crippen LogP contribution in [0.25, 0.3) is 0 Å². The van der Waals surface area contributed by atoms with Crippen molar-refractivity contribution in [1.82, 2.24) is 0 Å². The quantitative estimate of drug-likeness (QED) is 0.237. The van der Waals surface area contributed by atoms with Crippen molar-refractivity contribution in [3.05, 3.63) is 46.5 Å². The van der Waals surface area contributed by atoms with E-state index in [0.717, 1.165) is 36.1 Å². The number of nitrogens with zero attached hydrogens (tertiary/aromatic N) is 2. The predicted octanol–water partition coefficient (Wildman–Crippen LogP) is 3.48. The normalized spacial score (nSPS) is 11.6. The van der Waals surface area contributed by atoms with Gasteiger partial charge in [-0.1, -0.05) is 102 Å². The summed E-state index contributed by atoms with van der Waals surface area (Å²) in [4.78, 5) is 26.9. The van der Waals surface area contributed by atoms with Crippen LogP contribution in [0.1, 0.15) is 75.6 Å². The number of carboxylic acids is 2. The fraction of sp³-hybridized carbons (Fsp3) is 0.500. The second-order valence-corrected chi connectivity index (χ2v) is 23.0. The number of phenols is 2. The van der Waals surface area contributed by atoms with E-state index in [-0.39, 0.29) is 28.6 Å². The Morgan fingerprint density at radius 2 is 0.953 bits per heavy atom. The van der Waals surface area contributed by atoms with E-state index >= 15 is 0 Å². The molecule has 8 nitrogen and oxygen atoms in total. The zero-order valence-electron chi connectivity index (χ0n) is 27.8. The van der Waals surface area contributed by atoms with Crippen molar-refractivity contribution < 1.29 is 46.8 Å². The third-order valence-corrected chi connectivity index (χ3v) is 10.2. The van der Waals surface area contributed by atoms with Gasteiger partial charge in [0.05, 0.1) is 29.2 Å². The maximum absolute atomic E-state index is 10.8. The van der Waals surface area contributed by atoms with E-state index in [2.05, 4.69) is 101 Å². The van der Waals surface area contributed by atoms with Gasteiger partial charge >= 0.3 is 16.8 Å². The number of benzene rings is 2. The van der Waals surface area contributed by atoms with Gasteiger partial charge in [-0.05, 0) is 36.8 Å². The molecule has 0 bridgehead atoms. The molecule has 0 aromatic heterocycles. The minimum Gasteiger partial charge on any atom is -0.550 e. The molecule has 2 aromatic rings. The molecule has 0 saturated carbocycles. The summed E-state index contributed by atoms with van der Waals surface area (Å²) in [5, 5.41) is 42.0. The fourth-order valence-corrected chi connectivity index (χ4v) is 6.10. The third kappa shape index (κ3) is 16.1. The van der Waals surface area contributed by atoms with Crippen LogP contribution < -0.4 is 20.6 Å². The first-order chi connectivity index (χ1) is 19.1. The SMILES string of the molecule is CC(=O)[O-].CC(=O)[O-].CC(C)c1cc([Si](C)(C)C)cc(C=NCCN=Cc2cc([Si](C)(C)C)cc(C(C)C)c2O)c1O.[Co+2]. The number of aromatic hydroxyl groups is 2. The van der Waals surface area contributed by atoms with Crippen LogP contribution in [0.4, 0.5) is 0 Å². The maximum atomic E-state index is 10.8. The molecule has 0 aliphatic heterocycles. The summed E-state index contributed by atoms with van der Waals surface area (Å²) in [6, 6.07) is 8.52. The van der Waals surface area contributed by atoms with E-state index in [9.17, 15) is 10.2 Å².